The van der Waals surface area contributed by atoms with Crippen molar-refractivity contribution < 1.29 is 0 Å². The Labute approximate surface area is 96.4 Å². The SMILES string of the molecule is C#CCCC(N)c1ccc(SCC)cc1. The summed E-state index contributed by atoms with van der Waals surface area (Å²) in [6.07, 6.45) is 6.81. The van der Waals surface area contributed by atoms with E-state index >= 15 is 0 Å². The number of hydrogen-bond donors (Lipinski definition) is 1. The summed E-state index contributed by atoms with van der Waals surface area (Å²) in [6, 6.07) is 8.51. The lowest BCUT2D eigenvalue weighted by molar-refractivity contribution is 0.667. The number of benzene rings is 1. The van der Waals surface area contributed by atoms with Gasteiger partial charge in [0.2, 0.25) is 0 Å². The summed E-state index contributed by atoms with van der Waals surface area (Å²) >= 11 is 1.84. The molecule has 15 heavy (non-hydrogen) atoms. The molecule has 1 aromatic rings. The normalized spacial score (nSPS) is 12.1. The van der Waals surface area contributed by atoms with Crippen LogP contribution in [0.2, 0.25) is 0 Å². The molecule has 0 radical (unpaired) electrons. The highest BCUT2D eigenvalue weighted by atomic mass is 32.2. The fraction of sp³-hybridized carbons (Fsp3) is 0.385. The van der Waals surface area contributed by atoms with E-state index in [0.29, 0.717) is 0 Å². The first-order valence-electron chi connectivity index (χ1n) is 5.19. The van der Waals surface area contributed by atoms with Crippen LogP contribution in [-0.2, 0) is 0 Å². The second-order valence-electron chi connectivity index (χ2n) is 3.35. The van der Waals surface area contributed by atoms with Gasteiger partial charge in [-0.1, -0.05) is 19.1 Å². The summed E-state index contributed by atoms with van der Waals surface area (Å²) in [5, 5.41) is 0. The maximum atomic E-state index is 6.00. The van der Waals surface area contributed by atoms with Crippen LogP contribution in [0.4, 0.5) is 0 Å². The molecule has 0 aliphatic heterocycles. The van der Waals surface area contributed by atoms with E-state index in [4.69, 9.17) is 12.2 Å². The zero-order valence-corrected chi connectivity index (χ0v) is 9.89. The molecule has 0 spiro atoms. The van der Waals surface area contributed by atoms with E-state index in [0.717, 1.165) is 18.6 Å². The minimum Gasteiger partial charge on any atom is -0.324 e. The van der Waals surface area contributed by atoms with Crippen molar-refractivity contribution >= 4 is 11.8 Å². The van der Waals surface area contributed by atoms with Crippen molar-refractivity contribution in [2.45, 2.75) is 30.7 Å². The molecule has 2 N–H and O–H groups in total. The Bertz CT molecular complexity index is 323. The van der Waals surface area contributed by atoms with Gasteiger partial charge in [-0.25, -0.2) is 0 Å². The summed E-state index contributed by atoms with van der Waals surface area (Å²) < 4.78 is 0. The van der Waals surface area contributed by atoms with E-state index in [-0.39, 0.29) is 6.04 Å². The van der Waals surface area contributed by atoms with Crippen molar-refractivity contribution in [3.63, 3.8) is 0 Å². The first-order chi connectivity index (χ1) is 7.27. The Morgan fingerprint density at radius 2 is 2.07 bits per heavy atom. The van der Waals surface area contributed by atoms with Gasteiger partial charge in [-0.15, -0.1) is 24.1 Å². The molecule has 0 amide bonds. The lowest BCUT2D eigenvalue weighted by Gasteiger charge is -2.10. The third-order valence-electron chi connectivity index (χ3n) is 2.22. The molecule has 2 heteroatoms. The van der Waals surface area contributed by atoms with Gasteiger partial charge in [0.1, 0.15) is 0 Å². The molecule has 1 aromatic carbocycles. The van der Waals surface area contributed by atoms with Crippen molar-refractivity contribution in [2.24, 2.45) is 5.73 Å². The van der Waals surface area contributed by atoms with Crippen molar-refractivity contribution in [1.82, 2.24) is 0 Å². The Morgan fingerprint density at radius 3 is 2.60 bits per heavy atom. The van der Waals surface area contributed by atoms with Gasteiger partial charge in [0, 0.05) is 17.4 Å². The minimum atomic E-state index is 0.0710. The van der Waals surface area contributed by atoms with Gasteiger partial charge in [-0.05, 0) is 29.9 Å². The number of hydrogen-bond acceptors (Lipinski definition) is 2. The average molecular weight is 219 g/mol. The van der Waals surface area contributed by atoms with Crippen LogP contribution in [0.5, 0.6) is 0 Å². The van der Waals surface area contributed by atoms with E-state index in [1.165, 1.54) is 10.5 Å². The standard InChI is InChI=1S/C13H17NS/c1-3-5-6-13(14)11-7-9-12(10-8-11)15-4-2/h1,7-10,13H,4-6,14H2,2H3. The van der Waals surface area contributed by atoms with Crippen molar-refractivity contribution in [3.8, 4) is 12.3 Å². The van der Waals surface area contributed by atoms with Gasteiger partial charge in [-0.3, -0.25) is 0 Å². The Kier molecular flexibility index (Phi) is 5.31. The molecule has 0 saturated heterocycles. The first-order valence-corrected chi connectivity index (χ1v) is 6.18. The number of thioether (sulfide) groups is 1. The van der Waals surface area contributed by atoms with Gasteiger partial charge in [0.15, 0.2) is 0 Å². The molecular formula is C13H17NS. The molecule has 1 rings (SSSR count). The maximum absolute atomic E-state index is 6.00. The summed E-state index contributed by atoms with van der Waals surface area (Å²) in [6.45, 7) is 2.15. The van der Waals surface area contributed by atoms with Crippen LogP contribution in [-0.4, -0.2) is 5.75 Å². The highest BCUT2D eigenvalue weighted by Crippen LogP contribution is 2.21. The summed E-state index contributed by atoms with van der Waals surface area (Å²) in [5.74, 6) is 3.72. The van der Waals surface area contributed by atoms with E-state index in [2.05, 4.69) is 37.1 Å². The predicted molar refractivity (Wildman–Crippen MR) is 67.8 cm³/mol. The highest BCUT2D eigenvalue weighted by molar-refractivity contribution is 7.99. The quantitative estimate of drug-likeness (QED) is 0.608. The monoisotopic (exact) mass is 219 g/mol. The van der Waals surface area contributed by atoms with Crippen LogP contribution < -0.4 is 5.73 Å². The lowest BCUT2D eigenvalue weighted by atomic mass is 10.0. The lowest BCUT2D eigenvalue weighted by Crippen LogP contribution is -2.09. The zero-order valence-electron chi connectivity index (χ0n) is 9.07. The number of rotatable bonds is 5. The molecule has 0 saturated carbocycles. The highest BCUT2D eigenvalue weighted by Gasteiger charge is 2.04. The molecule has 1 unspecified atom stereocenters. The van der Waals surface area contributed by atoms with Crippen LogP contribution in [0.25, 0.3) is 0 Å². The predicted octanol–water partition coefficient (Wildman–Crippen LogP) is 3.21. The molecule has 1 atom stereocenters. The smallest absolute Gasteiger partial charge is 0.0303 e. The fourth-order valence-electron chi connectivity index (χ4n) is 1.38. The van der Waals surface area contributed by atoms with Crippen LogP contribution >= 0.6 is 11.8 Å². The Balaban J connectivity index is 2.59. The molecule has 0 aliphatic rings. The van der Waals surface area contributed by atoms with Crippen molar-refractivity contribution in [3.05, 3.63) is 29.8 Å². The number of terminal acetylenes is 1. The summed E-state index contributed by atoms with van der Waals surface area (Å²) in [7, 11) is 0. The van der Waals surface area contributed by atoms with Crippen molar-refractivity contribution in [1.29, 1.82) is 0 Å². The van der Waals surface area contributed by atoms with Crippen molar-refractivity contribution in [2.75, 3.05) is 5.75 Å². The molecule has 0 aromatic heterocycles. The van der Waals surface area contributed by atoms with Gasteiger partial charge < -0.3 is 5.73 Å². The van der Waals surface area contributed by atoms with Crippen LogP contribution in [0.3, 0.4) is 0 Å². The molecular weight excluding hydrogens is 202 g/mol. The Morgan fingerprint density at radius 1 is 1.40 bits per heavy atom. The van der Waals surface area contributed by atoms with Crippen LogP contribution in [0.1, 0.15) is 31.4 Å². The minimum absolute atomic E-state index is 0.0710. The molecule has 0 fully saturated rings. The maximum Gasteiger partial charge on any atom is 0.0303 e. The van der Waals surface area contributed by atoms with Crippen LogP contribution in [0.15, 0.2) is 29.2 Å². The summed E-state index contributed by atoms with van der Waals surface area (Å²) in [4.78, 5) is 1.30. The third kappa shape index (κ3) is 3.99. The van der Waals surface area contributed by atoms with Gasteiger partial charge in [0.05, 0.1) is 0 Å². The second kappa shape index (κ2) is 6.55. The van der Waals surface area contributed by atoms with E-state index in [9.17, 15) is 0 Å². The van der Waals surface area contributed by atoms with Gasteiger partial charge in [0.25, 0.3) is 0 Å². The van der Waals surface area contributed by atoms with Crippen LogP contribution in [0, 0.1) is 12.3 Å². The number of nitrogens with two attached hydrogens (primary N) is 1. The second-order valence-corrected chi connectivity index (χ2v) is 4.69. The fourth-order valence-corrected chi connectivity index (χ4v) is 2.05. The van der Waals surface area contributed by atoms with E-state index in [1.54, 1.807) is 0 Å². The van der Waals surface area contributed by atoms with Gasteiger partial charge >= 0.3 is 0 Å². The first kappa shape index (κ1) is 12.2. The molecule has 0 bridgehead atoms. The zero-order chi connectivity index (χ0) is 11.1. The molecule has 0 heterocycles. The Hall–Kier alpha value is -0.910. The topological polar surface area (TPSA) is 26.0 Å². The third-order valence-corrected chi connectivity index (χ3v) is 3.11. The van der Waals surface area contributed by atoms with E-state index in [1.807, 2.05) is 11.8 Å². The molecule has 0 aliphatic carbocycles. The molecule has 80 valence electrons. The van der Waals surface area contributed by atoms with Gasteiger partial charge in [-0.2, -0.15) is 0 Å². The summed E-state index contributed by atoms with van der Waals surface area (Å²) in [5.41, 5.74) is 7.17. The average Bonchev–Trinajstić information content (AvgIpc) is 2.27. The largest absolute Gasteiger partial charge is 0.324 e. The van der Waals surface area contributed by atoms with E-state index < -0.39 is 0 Å². The molecule has 1 nitrogen and oxygen atoms in total.